The molecule has 0 radical (unpaired) electrons. The van der Waals surface area contributed by atoms with E-state index in [1.54, 1.807) is 17.4 Å². The van der Waals surface area contributed by atoms with E-state index >= 15 is 0 Å². The molecule has 0 aliphatic carbocycles. The minimum absolute atomic E-state index is 0. The summed E-state index contributed by atoms with van der Waals surface area (Å²) in [6.07, 6.45) is 3.56. The molecular formula is C16H27ClN2O2S. The number of piperidine rings is 1. The third kappa shape index (κ3) is 4.02. The molecule has 1 aliphatic rings. The summed E-state index contributed by atoms with van der Waals surface area (Å²) in [4.78, 5) is 0.428. The molecule has 1 fully saturated rings. The standard InChI is InChI=1S/C16H26N2O2S.ClH/c1-4-13-6-7-16(12-14(13)5-2)21(19,20)18(3)15-8-10-17-11-9-15;/h6-7,12,15,17H,4-5,8-11H2,1-3H3;1H. The zero-order valence-electron chi connectivity index (χ0n) is 13.6. The van der Waals surface area contributed by atoms with E-state index in [-0.39, 0.29) is 18.4 Å². The van der Waals surface area contributed by atoms with E-state index in [1.165, 1.54) is 5.56 Å². The lowest BCUT2D eigenvalue weighted by molar-refractivity contribution is 0.296. The molecule has 0 amide bonds. The Morgan fingerprint density at radius 1 is 1.14 bits per heavy atom. The number of rotatable bonds is 5. The van der Waals surface area contributed by atoms with Crippen molar-refractivity contribution in [2.45, 2.75) is 50.5 Å². The number of benzene rings is 1. The molecule has 2 rings (SSSR count). The van der Waals surface area contributed by atoms with Gasteiger partial charge in [0.1, 0.15) is 0 Å². The fraction of sp³-hybridized carbons (Fsp3) is 0.625. The summed E-state index contributed by atoms with van der Waals surface area (Å²) in [5.74, 6) is 0. The van der Waals surface area contributed by atoms with E-state index in [0.717, 1.165) is 44.3 Å². The van der Waals surface area contributed by atoms with Gasteiger partial charge in [-0.1, -0.05) is 19.9 Å². The van der Waals surface area contributed by atoms with Crippen LogP contribution in [0, 0.1) is 0 Å². The van der Waals surface area contributed by atoms with Gasteiger partial charge in [0, 0.05) is 13.1 Å². The average molecular weight is 347 g/mol. The molecule has 1 saturated heterocycles. The summed E-state index contributed by atoms with van der Waals surface area (Å²) >= 11 is 0. The Balaban J connectivity index is 0.00000242. The second-order valence-electron chi connectivity index (χ2n) is 5.64. The summed E-state index contributed by atoms with van der Waals surface area (Å²) in [5.41, 5.74) is 2.37. The predicted octanol–water partition coefficient (Wildman–Crippen LogP) is 2.61. The first-order valence-corrected chi connectivity index (χ1v) is 9.25. The van der Waals surface area contributed by atoms with E-state index in [0.29, 0.717) is 4.90 Å². The lowest BCUT2D eigenvalue weighted by atomic mass is 10.0. The number of halogens is 1. The van der Waals surface area contributed by atoms with E-state index in [2.05, 4.69) is 19.2 Å². The van der Waals surface area contributed by atoms with Gasteiger partial charge in [-0.05, 0) is 62.0 Å². The Labute approximate surface area is 140 Å². The highest BCUT2D eigenvalue weighted by molar-refractivity contribution is 7.89. The maximum Gasteiger partial charge on any atom is 0.243 e. The first kappa shape index (κ1) is 19.4. The zero-order valence-corrected chi connectivity index (χ0v) is 15.3. The van der Waals surface area contributed by atoms with Crippen LogP contribution in [0.5, 0.6) is 0 Å². The first-order chi connectivity index (χ1) is 10.0. The van der Waals surface area contributed by atoms with Crippen LogP contribution in [0.1, 0.15) is 37.8 Å². The molecule has 0 atom stereocenters. The van der Waals surface area contributed by atoms with Crippen molar-refractivity contribution in [1.29, 1.82) is 0 Å². The van der Waals surface area contributed by atoms with Crippen molar-refractivity contribution in [1.82, 2.24) is 9.62 Å². The molecule has 0 bridgehead atoms. The van der Waals surface area contributed by atoms with Gasteiger partial charge in [0.25, 0.3) is 0 Å². The normalized spacial score (nSPS) is 16.5. The van der Waals surface area contributed by atoms with Gasteiger partial charge in [0.15, 0.2) is 0 Å². The second kappa shape index (κ2) is 8.29. The smallest absolute Gasteiger partial charge is 0.243 e. The van der Waals surface area contributed by atoms with Crippen LogP contribution in [0.15, 0.2) is 23.1 Å². The summed E-state index contributed by atoms with van der Waals surface area (Å²) < 4.78 is 27.2. The number of nitrogens with one attached hydrogen (secondary N) is 1. The highest BCUT2D eigenvalue weighted by Gasteiger charge is 2.29. The van der Waals surface area contributed by atoms with Crippen LogP contribution in [0.3, 0.4) is 0 Å². The van der Waals surface area contributed by atoms with Crippen LogP contribution in [-0.2, 0) is 22.9 Å². The molecule has 4 nitrogen and oxygen atoms in total. The molecule has 1 N–H and O–H groups in total. The lowest BCUT2D eigenvalue weighted by Gasteiger charge is -2.31. The Hall–Kier alpha value is -0.620. The van der Waals surface area contributed by atoms with Crippen molar-refractivity contribution in [3.8, 4) is 0 Å². The Bertz CT molecular complexity index is 584. The van der Waals surface area contributed by atoms with Crippen LogP contribution in [0.25, 0.3) is 0 Å². The molecule has 1 aromatic rings. The highest BCUT2D eigenvalue weighted by Crippen LogP contribution is 2.23. The van der Waals surface area contributed by atoms with E-state index in [1.807, 2.05) is 12.1 Å². The van der Waals surface area contributed by atoms with Crippen molar-refractivity contribution in [3.05, 3.63) is 29.3 Å². The topological polar surface area (TPSA) is 49.4 Å². The number of hydrogen-bond donors (Lipinski definition) is 1. The molecule has 1 heterocycles. The molecular weight excluding hydrogens is 320 g/mol. The Morgan fingerprint density at radius 2 is 1.73 bits per heavy atom. The molecule has 1 aliphatic heterocycles. The predicted molar refractivity (Wildman–Crippen MR) is 93.3 cm³/mol. The lowest BCUT2D eigenvalue weighted by Crippen LogP contribution is -2.43. The molecule has 0 spiro atoms. The Morgan fingerprint density at radius 3 is 2.27 bits per heavy atom. The number of sulfonamides is 1. The van der Waals surface area contributed by atoms with Gasteiger partial charge in [-0.3, -0.25) is 0 Å². The molecule has 22 heavy (non-hydrogen) atoms. The van der Waals surface area contributed by atoms with Crippen molar-refractivity contribution < 1.29 is 8.42 Å². The summed E-state index contributed by atoms with van der Waals surface area (Å²) in [6.45, 7) is 5.95. The van der Waals surface area contributed by atoms with Crippen LogP contribution in [0.4, 0.5) is 0 Å². The van der Waals surface area contributed by atoms with Gasteiger partial charge in [-0.15, -0.1) is 12.4 Å². The molecule has 0 unspecified atom stereocenters. The van der Waals surface area contributed by atoms with Crippen LogP contribution >= 0.6 is 12.4 Å². The van der Waals surface area contributed by atoms with Crippen LogP contribution < -0.4 is 5.32 Å². The summed E-state index contributed by atoms with van der Waals surface area (Å²) in [6, 6.07) is 5.67. The molecule has 1 aromatic carbocycles. The maximum atomic E-state index is 12.8. The van der Waals surface area contributed by atoms with Gasteiger partial charge in [0.2, 0.25) is 10.0 Å². The molecule has 0 aromatic heterocycles. The van der Waals surface area contributed by atoms with Gasteiger partial charge >= 0.3 is 0 Å². The molecule has 126 valence electrons. The van der Waals surface area contributed by atoms with Crippen molar-refractivity contribution in [2.75, 3.05) is 20.1 Å². The van der Waals surface area contributed by atoms with Gasteiger partial charge in [-0.2, -0.15) is 4.31 Å². The average Bonchev–Trinajstić information content (AvgIpc) is 2.54. The molecule has 0 saturated carbocycles. The monoisotopic (exact) mass is 346 g/mol. The van der Waals surface area contributed by atoms with Gasteiger partial charge < -0.3 is 5.32 Å². The quantitative estimate of drug-likeness (QED) is 0.891. The van der Waals surface area contributed by atoms with E-state index < -0.39 is 10.0 Å². The van der Waals surface area contributed by atoms with Crippen molar-refractivity contribution >= 4 is 22.4 Å². The molecule has 6 heteroatoms. The van der Waals surface area contributed by atoms with Crippen LogP contribution in [0.2, 0.25) is 0 Å². The fourth-order valence-corrected chi connectivity index (χ4v) is 4.44. The largest absolute Gasteiger partial charge is 0.317 e. The summed E-state index contributed by atoms with van der Waals surface area (Å²) in [7, 11) is -1.68. The van der Waals surface area contributed by atoms with Crippen molar-refractivity contribution in [3.63, 3.8) is 0 Å². The van der Waals surface area contributed by atoms with Gasteiger partial charge in [-0.25, -0.2) is 8.42 Å². The fourth-order valence-electron chi connectivity index (χ4n) is 2.97. The van der Waals surface area contributed by atoms with Crippen molar-refractivity contribution in [2.24, 2.45) is 0 Å². The maximum absolute atomic E-state index is 12.8. The first-order valence-electron chi connectivity index (χ1n) is 7.81. The van der Waals surface area contributed by atoms with E-state index in [4.69, 9.17) is 0 Å². The minimum atomic E-state index is -3.39. The third-order valence-corrected chi connectivity index (χ3v) is 6.35. The Kier molecular flexibility index (Phi) is 7.32. The highest BCUT2D eigenvalue weighted by atomic mass is 35.5. The SMILES string of the molecule is CCc1ccc(S(=O)(=O)N(C)C2CCNCC2)cc1CC.Cl. The summed E-state index contributed by atoms with van der Waals surface area (Å²) in [5, 5.41) is 3.27. The van der Waals surface area contributed by atoms with Gasteiger partial charge in [0.05, 0.1) is 4.90 Å². The number of aryl methyl sites for hydroxylation is 2. The zero-order chi connectivity index (χ0) is 15.5. The third-order valence-electron chi connectivity index (χ3n) is 4.44. The number of hydrogen-bond acceptors (Lipinski definition) is 3. The van der Waals surface area contributed by atoms with Crippen LogP contribution in [-0.4, -0.2) is 38.9 Å². The van der Waals surface area contributed by atoms with E-state index in [9.17, 15) is 8.42 Å². The second-order valence-corrected chi connectivity index (χ2v) is 7.64. The number of nitrogens with zero attached hydrogens (tertiary/aromatic N) is 1. The minimum Gasteiger partial charge on any atom is -0.317 e.